The van der Waals surface area contributed by atoms with Gasteiger partial charge in [0.15, 0.2) is 18.7 Å². The molecule has 0 spiro atoms. The Hall–Kier alpha value is -2.68. The molecule has 65 heavy (non-hydrogen) atoms. The van der Waals surface area contributed by atoms with Crippen LogP contribution in [0.1, 0.15) is 100 Å². The molecular weight excluding hydrogens is 841 g/mol. The molecule has 0 saturated carbocycles. The average Bonchev–Trinajstić information content (AvgIpc) is 3.24. The Labute approximate surface area is 388 Å². The standard InChI is InChI=1S/C48H84N4O13/c1-28(38(53)32(5)52-21-18-22-52)26-47(9,59-14)41(64-44-39(54)35(49)25-29(2)61-44)30(3)40(31(4)43(55)56)63-37-27-48(10,60-15)42(33(6)62-37)65-45(57)50(11)23-24-51(12)46(7,8)34-19-16-17-20-36(34)58-13/h16-17,19-20,28-33,35,37-42,44,53-54H,18,21-27,49H2,1-15H3,(H,55,56)/t28-,29-,30+,31-,32+,33+,35+,37+,38+,39-,40+,41-,42+,44+,47+,48-/m1/s1. The Bertz CT molecular complexity index is 1670. The Morgan fingerprint density at radius 2 is 1.66 bits per heavy atom. The highest BCUT2D eigenvalue weighted by atomic mass is 16.7. The summed E-state index contributed by atoms with van der Waals surface area (Å²) in [6.45, 7) is 21.6. The number of likely N-dealkylation sites (N-methyl/N-ethyl adjacent to an activating group) is 2. The second kappa shape index (κ2) is 23.1. The van der Waals surface area contributed by atoms with Gasteiger partial charge in [0, 0.05) is 69.9 Å². The summed E-state index contributed by atoms with van der Waals surface area (Å²) in [5, 5.41) is 33.4. The lowest BCUT2D eigenvalue weighted by atomic mass is 9.76. The van der Waals surface area contributed by atoms with Gasteiger partial charge >= 0.3 is 12.1 Å². The number of methoxy groups -OCH3 is 3. The zero-order chi connectivity index (χ0) is 48.8. The number of hydrogen-bond acceptors (Lipinski definition) is 15. The first kappa shape index (κ1) is 54.9. The van der Waals surface area contributed by atoms with Gasteiger partial charge in [0.2, 0.25) is 0 Å². The third-order valence-electron chi connectivity index (χ3n) is 15.0. The van der Waals surface area contributed by atoms with Crippen molar-refractivity contribution in [2.24, 2.45) is 23.5 Å². The fourth-order valence-corrected chi connectivity index (χ4v) is 9.90. The van der Waals surface area contributed by atoms with Crippen molar-refractivity contribution >= 4 is 12.1 Å². The number of carboxylic acids is 1. The van der Waals surface area contributed by atoms with Crippen LogP contribution in [0.4, 0.5) is 4.79 Å². The molecule has 1 aromatic carbocycles. The van der Waals surface area contributed by atoms with Crippen LogP contribution in [0.25, 0.3) is 0 Å². The lowest BCUT2D eigenvalue weighted by molar-refractivity contribution is -0.316. The van der Waals surface area contributed by atoms with Crippen molar-refractivity contribution in [3.63, 3.8) is 0 Å². The van der Waals surface area contributed by atoms with Crippen molar-refractivity contribution in [2.45, 2.75) is 179 Å². The fraction of sp³-hybridized carbons (Fsp3) is 0.833. The molecule has 374 valence electrons. The van der Waals surface area contributed by atoms with E-state index in [0.717, 1.165) is 30.8 Å². The van der Waals surface area contributed by atoms with E-state index in [1.165, 1.54) is 12.0 Å². The first-order chi connectivity index (χ1) is 30.3. The molecule has 3 aliphatic rings. The summed E-state index contributed by atoms with van der Waals surface area (Å²) in [5.41, 5.74) is 4.71. The van der Waals surface area contributed by atoms with Crippen LogP contribution in [-0.4, -0.2) is 182 Å². The fourth-order valence-electron chi connectivity index (χ4n) is 9.90. The molecule has 0 radical (unpaired) electrons. The smallest absolute Gasteiger partial charge is 0.410 e. The minimum Gasteiger partial charge on any atom is -0.496 e. The summed E-state index contributed by atoms with van der Waals surface area (Å²) in [5.74, 6) is -2.44. The number of carbonyl (C=O) groups excluding carboxylic acids is 1. The van der Waals surface area contributed by atoms with Crippen molar-refractivity contribution in [3.8, 4) is 5.75 Å². The van der Waals surface area contributed by atoms with E-state index >= 15 is 0 Å². The van der Waals surface area contributed by atoms with Crippen LogP contribution in [0.15, 0.2) is 24.3 Å². The van der Waals surface area contributed by atoms with E-state index in [1.54, 1.807) is 35.1 Å². The second-order valence-corrected chi connectivity index (χ2v) is 20.1. The van der Waals surface area contributed by atoms with Gasteiger partial charge < -0.3 is 63.8 Å². The summed E-state index contributed by atoms with van der Waals surface area (Å²) < 4.78 is 50.3. The molecule has 1 aromatic rings. The van der Waals surface area contributed by atoms with Gasteiger partial charge in [0.1, 0.15) is 17.5 Å². The lowest BCUT2D eigenvalue weighted by Gasteiger charge is -2.49. The number of aliphatic hydroxyl groups excluding tert-OH is 2. The van der Waals surface area contributed by atoms with Crippen LogP contribution < -0.4 is 10.5 Å². The summed E-state index contributed by atoms with van der Waals surface area (Å²) in [7, 11) is 8.42. The van der Waals surface area contributed by atoms with Gasteiger partial charge in [-0.2, -0.15) is 0 Å². The highest BCUT2D eigenvalue weighted by Crippen LogP contribution is 2.41. The third kappa shape index (κ3) is 12.9. The second-order valence-electron chi connectivity index (χ2n) is 20.1. The van der Waals surface area contributed by atoms with E-state index < -0.39 is 95.9 Å². The molecule has 4 rings (SSSR count). The summed E-state index contributed by atoms with van der Waals surface area (Å²) in [6.07, 6.45) is -6.61. The normalized spacial score (nSPS) is 30.8. The lowest BCUT2D eigenvalue weighted by Crippen LogP contribution is -2.61. The van der Waals surface area contributed by atoms with Crippen LogP contribution in [-0.2, 0) is 43.5 Å². The zero-order valence-electron chi connectivity index (χ0n) is 41.9. The number of aliphatic carboxylic acids is 1. The molecule has 1 amide bonds. The van der Waals surface area contributed by atoms with Gasteiger partial charge in [0.25, 0.3) is 0 Å². The highest BCUT2D eigenvalue weighted by molar-refractivity contribution is 5.70. The van der Waals surface area contributed by atoms with Crippen LogP contribution in [0, 0.1) is 17.8 Å². The molecule has 3 fully saturated rings. The molecule has 17 nitrogen and oxygen atoms in total. The van der Waals surface area contributed by atoms with Gasteiger partial charge in [-0.3, -0.25) is 14.6 Å². The predicted octanol–water partition coefficient (Wildman–Crippen LogP) is 4.68. The topological polar surface area (TPSA) is 204 Å². The minimum absolute atomic E-state index is 0.0857. The van der Waals surface area contributed by atoms with Crippen molar-refractivity contribution in [2.75, 3.05) is 61.6 Å². The van der Waals surface area contributed by atoms with Gasteiger partial charge in [-0.15, -0.1) is 0 Å². The molecule has 5 N–H and O–H groups in total. The Morgan fingerprint density at radius 3 is 2.23 bits per heavy atom. The van der Waals surface area contributed by atoms with Crippen LogP contribution >= 0.6 is 0 Å². The Morgan fingerprint density at radius 1 is 1.02 bits per heavy atom. The first-order valence-electron chi connectivity index (χ1n) is 23.4. The van der Waals surface area contributed by atoms with Crippen LogP contribution in [0.2, 0.25) is 0 Å². The van der Waals surface area contributed by atoms with E-state index in [9.17, 15) is 24.9 Å². The molecule has 16 atom stereocenters. The van der Waals surface area contributed by atoms with E-state index in [2.05, 4.69) is 23.6 Å². The molecule has 0 aliphatic carbocycles. The first-order valence-corrected chi connectivity index (χ1v) is 23.4. The van der Waals surface area contributed by atoms with Gasteiger partial charge in [-0.1, -0.05) is 32.0 Å². The molecule has 0 bridgehead atoms. The third-order valence-corrected chi connectivity index (χ3v) is 15.0. The number of carbonyl (C=O) groups is 2. The largest absolute Gasteiger partial charge is 0.496 e. The van der Waals surface area contributed by atoms with Crippen molar-refractivity contribution in [1.29, 1.82) is 0 Å². The number of carboxylic acid groups (broad SMARTS) is 1. The molecule has 0 aromatic heterocycles. The van der Waals surface area contributed by atoms with E-state index in [-0.39, 0.29) is 24.5 Å². The molecule has 3 heterocycles. The van der Waals surface area contributed by atoms with Gasteiger partial charge in [-0.25, -0.2) is 4.79 Å². The Balaban J connectivity index is 1.55. The summed E-state index contributed by atoms with van der Waals surface area (Å²) in [4.78, 5) is 32.6. The van der Waals surface area contributed by atoms with E-state index in [4.69, 9.17) is 43.6 Å². The number of nitrogens with two attached hydrogens (primary N) is 1. The van der Waals surface area contributed by atoms with Crippen molar-refractivity contribution in [1.82, 2.24) is 14.7 Å². The number of hydrogen-bond donors (Lipinski definition) is 4. The Kier molecular flexibility index (Phi) is 19.5. The van der Waals surface area contributed by atoms with Crippen LogP contribution in [0.5, 0.6) is 5.75 Å². The van der Waals surface area contributed by atoms with Crippen LogP contribution in [0.3, 0.4) is 0 Å². The zero-order valence-corrected chi connectivity index (χ0v) is 41.9. The van der Waals surface area contributed by atoms with E-state index in [0.29, 0.717) is 25.9 Å². The monoisotopic (exact) mass is 925 g/mol. The quantitative estimate of drug-likeness (QED) is 0.118. The van der Waals surface area contributed by atoms with Crippen molar-refractivity contribution < 1.29 is 62.8 Å². The maximum absolute atomic E-state index is 13.7. The number of benzene rings is 1. The molecule has 0 unspecified atom stereocenters. The predicted molar refractivity (Wildman–Crippen MR) is 245 cm³/mol. The number of nitrogens with zero attached hydrogens (tertiary/aromatic N) is 3. The molecule has 3 aliphatic heterocycles. The highest BCUT2D eigenvalue weighted by Gasteiger charge is 2.53. The maximum atomic E-state index is 13.7. The number of rotatable bonds is 23. The van der Waals surface area contributed by atoms with Gasteiger partial charge in [0.05, 0.1) is 49.1 Å². The number of para-hydroxylation sites is 1. The van der Waals surface area contributed by atoms with E-state index in [1.807, 2.05) is 72.9 Å². The number of amides is 1. The molecule has 3 saturated heterocycles. The molecular formula is C48H84N4O13. The summed E-state index contributed by atoms with van der Waals surface area (Å²) in [6, 6.07) is 7.16. The van der Waals surface area contributed by atoms with Crippen molar-refractivity contribution in [3.05, 3.63) is 29.8 Å². The number of ether oxygens (including phenoxy) is 8. The molecule has 17 heteroatoms. The van der Waals surface area contributed by atoms with Gasteiger partial charge in [-0.05, 0) is 107 Å². The summed E-state index contributed by atoms with van der Waals surface area (Å²) >= 11 is 0. The maximum Gasteiger partial charge on any atom is 0.410 e. The average molecular weight is 925 g/mol. The number of aliphatic hydroxyl groups is 2. The minimum atomic E-state index is -1.18. The number of likely N-dealkylation sites (tertiary alicyclic amines) is 1. The SMILES string of the molecule is COc1ccccc1C(C)(C)N(C)CCN(C)C(=O)O[C@H]1[C@H](C)O[C@@H](O[C@@H]([C@H](C)[C@@H](O[C@@H]2O[C@H](C)C[C@H](N)[C@H]2O)[C@](C)(C[C@@H](C)[C@H](O)[C@H](C)N2CCC2)OC)[C@@H](C)C(=O)O)C[C@@]1(C)OC.